The Balaban J connectivity index is 2.26. The minimum Gasteiger partial charge on any atom is -0.394 e. The van der Waals surface area contributed by atoms with Gasteiger partial charge >= 0.3 is 11.4 Å². The van der Waals surface area contributed by atoms with Gasteiger partial charge in [-0.2, -0.15) is 0 Å². The number of aliphatic hydroxyl groups is 3. The number of aromatic nitrogens is 2. The maximum absolute atomic E-state index is 12.2. The zero-order valence-corrected chi connectivity index (χ0v) is 13.2. The van der Waals surface area contributed by atoms with E-state index in [1.165, 1.54) is 6.07 Å². The van der Waals surface area contributed by atoms with Gasteiger partial charge in [-0.1, -0.05) is 23.2 Å². The van der Waals surface area contributed by atoms with Crippen molar-refractivity contribution in [3.63, 3.8) is 0 Å². The molecule has 1 aliphatic rings. The third-order valence-corrected chi connectivity index (χ3v) is 4.62. The van der Waals surface area contributed by atoms with Gasteiger partial charge in [-0.15, -0.1) is 0 Å². The quantitative estimate of drug-likeness (QED) is 0.437. The van der Waals surface area contributed by atoms with E-state index in [2.05, 4.69) is 4.98 Å². The second kappa shape index (κ2) is 5.99. The number of hydrogen-bond donors (Lipinski definition) is 4. The van der Waals surface area contributed by atoms with Crippen molar-refractivity contribution in [1.29, 1.82) is 0 Å². The van der Waals surface area contributed by atoms with E-state index < -0.39 is 47.4 Å². The number of imidazole rings is 1. The predicted molar refractivity (Wildman–Crippen MR) is 82.2 cm³/mol. The Bertz CT molecular complexity index is 880. The number of nitrogens with one attached hydrogen (secondary N) is 1. The van der Waals surface area contributed by atoms with Gasteiger partial charge in [0, 0.05) is 0 Å². The summed E-state index contributed by atoms with van der Waals surface area (Å²) in [4.78, 5) is 24.9. The van der Waals surface area contributed by atoms with Crippen molar-refractivity contribution in [3.05, 3.63) is 36.7 Å². The number of rotatable bonds is 3. The van der Waals surface area contributed by atoms with Crippen LogP contribution in [0.2, 0.25) is 10.0 Å². The molecule has 0 saturated carbocycles. The highest BCUT2D eigenvalue weighted by Gasteiger charge is 2.45. The van der Waals surface area contributed by atoms with Crippen LogP contribution < -0.4 is 5.69 Å². The number of benzene rings is 1. The van der Waals surface area contributed by atoms with Gasteiger partial charge in [0.05, 0.1) is 22.1 Å². The summed E-state index contributed by atoms with van der Waals surface area (Å²) >= 11 is 11.7. The summed E-state index contributed by atoms with van der Waals surface area (Å²) in [7, 11) is 0. The summed E-state index contributed by atoms with van der Waals surface area (Å²) in [5.41, 5.74) is -1.66. The molecule has 0 radical (unpaired) electrons. The summed E-state index contributed by atoms with van der Waals surface area (Å²) in [6.07, 6.45) is -5.45. The van der Waals surface area contributed by atoms with E-state index >= 15 is 0 Å². The lowest BCUT2D eigenvalue weighted by Gasteiger charge is -2.16. The molecule has 4 atom stereocenters. The van der Waals surface area contributed by atoms with Gasteiger partial charge in [0.2, 0.25) is 0 Å². The number of fused-ring (bicyclic) bond motifs is 1. The maximum atomic E-state index is 12.2. The molecule has 12 heteroatoms. The molecule has 10 nitrogen and oxygen atoms in total. The fraction of sp³-hybridized carbons (Fsp3) is 0.417. The van der Waals surface area contributed by atoms with Crippen LogP contribution >= 0.6 is 23.2 Å². The largest absolute Gasteiger partial charge is 0.394 e. The minimum atomic E-state index is -1.53. The molecule has 1 aliphatic heterocycles. The average molecular weight is 380 g/mol. The Hall–Kier alpha value is -1.69. The molecule has 1 aromatic heterocycles. The van der Waals surface area contributed by atoms with Crippen molar-refractivity contribution in [2.75, 3.05) is 6.61 Å². The molecule has 2 heterocycles. The molecule has 0 spiro atoms. The van der Waals surface area contributed by atoms with Crippen LogP contribution in [0.3, 0.4) is 0 Å². The van der Waals surface area contributed by atoms with Gasteiger partial charge in [0.15, 0.2) is 6.23 Å². The molecule has 24 heavy (non-hydrogen) atoms. The highest BCUT2D eigenvalue weighted by atomic mass is 35.5. The molecule has 4 N–H and O–H groups in total. The van der Waals surface area contributed by atoms with Crippen LogP contribution in [-0.4, -0.2) is 54.7 Å². The molecular weight excluding hydrogens is 369 g/mol. The Morgan fingerprint density at radius 3 is 2.58 bits per heavy atom. The molecule has 0 aliphatic carbocycles. The highest BCUT2D eigenvalue weighted by Crippen LogP contribution is 2.39. The molecule has 3 rings (SSSR count). The lowest BCUT2D eigenvalue weighted by molar-refractivity contribution is -0.383. The summed E-state index contributed by atoms with van der Waals surface area (Å²) < 4.78 is 6.17. The number of aliphatic hydroxyl groups excluding tert-OH is 3. The van der Waals surface area contributed by atoms with Crippen molar-refractivity contribution in [2.24, 2.45) is 0 Å². The van der Waals surface area contributed by atoms with Crippen LogP contribution in [0, 0.1) is 10.1 Å². The first-order chi connectivity index (χ1) is 11.3. The molecule has 1 fully saturated rings. The van der Waals surface area contributed by atoms with Crippen LogP contribution in [0.5, 0.6) is 0 Å². The number of ether oxygens (including phenoxy) is 1. The summed E-state index contributed by atoms with van der Waals surface area (Å²) in [6, 6.07) is 1.21. The topological polar surface area (TPSA) is 151 Å². The van der Waals surface area contributed by atoms with Crippen molar-refractivity contribution in [1.82, 2.24) is 9.55 Å². The van der Waals surface area contributed by atoms with E-state index in [9.17, 15) is 25.1 Å². The van der Waals surface area contributed by atoms with Crippen LogP contribution in [0.1, 0.15) is 6.23 Å². The Kier molecular flexibility index (Phi) is 4.28. The Morgan fingerprint density at radius 1 is 1.38 bits per heavy atom. The minimum absolute atomic E-state index is 0.0315. The predicted octanol–water partition coefficient (Wildman–Crippen LogP) is 0.156. The Labute approximate surface area is 142 Å². The average Bonchev–Trinajstić information content (AvgIpc) is 2.97. The molecule has 0 amide bonds. The molecule has 1 unspecified atom stereocenters. The SMILES string of the molecule is O=c1[nH]c2c([N+](=O)[O-])c(Cl)c(Cl)cc2n1C1O[C@H](CO)[C@@H](O)[C@H]1O. The number of hydrogen-bond acceptors (Lipinski definition) is 7. The van der Waals surface area contributed by atoms with Gasteiger partial charge in [0.25, 0.3) is 0 Å². The number of nitro benzene ring substituents is 1. The van der Waals surface area contributed by atoms with E-state index in [1.54, 1.807) is 0 Å². The van der Waals surface area contributed by atoms with E-state index in [-0.39, 0.29) is 21.1 Å². The molecular formula is C12H11Cl2N3O7. The first-order valence-electron chi connectivity index (χ1n) is 6.67. The molecule has 1 saturated heterocycles. The zero-order chi connectivity index (χ0) is 17.8. The van der Waals surface area contributed by atoms with Gasteiger partial charge in [-0.05, 0) is 6.07 Å². The normalized spacial score (nSPS) is 27.0. The third-order valence-electron chi connectivity index (χ3n) is 3.84. The second-order valence-corrected chi connectivity index (χ2v) is 5.99. The number of aromatic amines is 1. The Morgan fingerprint density at radius 2 is 2.04 bits per heavy atom. The first-order valence-corrected chi connectivity index (χ1v) is 7.42. The van der Waals surface area contributed by atoms with Gasteiger partial charge in [0.1, 0.15) is 28.9 Å². The van der Waals surface area contributed by atoms with Crippen LogP contribution in [0.4, 0.5) is 5.69 Å². The van der Waals surface area contributed by atoms with Gasteiger partial charge in [-0.25, -0.2) is 4.79 Å². The van der Waals surface area contributed by atoms with Crippen molar-refractivity contribution in [3.8, 4) is 0 Å². The standard InChI is InChI=1S/C12H11Cl2N3O7/c13-3-1-4-7(8(6(3)14)17(22)23)15-12(21)16(4)11-10(20)9(19)5(2-18)24-11/h1,5,9-11,18-20H,2H2,(H,15,21)/t5-,9-,10-,11?/m1/s1. The van der Waals surface area contributed by atoms with E-state index in [1.807, 2.05) is 0 Å². The molecule has 1 aromatic carbocycles. The first kappa shape index (κ1) is 17.1. The van der Waals surface area contributed by atoms with Gasteiger partial charge < -0.3 is 20.1 Å². The zero-order valence-electron chi connectivity index (χ0n) is 11.7. The lowest BCUT2D eigenvalue weighted by Crippen LogP contribution is -2.34. The monoisotopic (exact) mass is 379 g/mol. The number of nitrogens with zero attached hydrogens (tertiary/aromatic N) is 2. The maximum Gasteiger partial charge on any atom is 0.328 e. The lowest BCUT2D eigenvalue weighted by atomic mass is 10.1. The number of nitro groups is 1. The van der Waals surface area contributed by atoms with E-state index in [4.69, 9.17) is 33.0 Å². The number of H-pyrrole nitrogens is 1. The fourth-order valence-electron chi connectivity index (χ4n) is 2.71. The van der Waals surface area contributed by atoms with Crippen LogP contribution in [0.25, 0.3) is 11.0 Å². The smallest absolute Gasteiger partial charge is 0.328 e. The molecule has 130 valence electrons. The highest BCUT2D eigenvalue weighted by molar-refractivity contribution is 6.44. The summed E-state index contributed by atoms with van der Waals surface area (Å²) in [5.74, 6) is 0. The fourth-order valence-corrected chi connectivity index (χ4v) is 3.12. The van der Waals surface area contributed by atoms with E-state index in [0.29, 0.717) is 0 Å². The van der Waals surface area contributed by atoms with E-state index in [0.717, 1.165) is 4.57 Å². The van der Waals surface area contributed by atoms with Crippen molar-refractivity contribution >= 4 is 39.9 Å². The van der Waals surface area contributed by atoms with Crippen molar-refractivity contribution < 1.29 is 25.0 Å². The molecule has 2 aromatic rings. The summed E-state index contributed by atoms with van der Waals surface area (Å²) in [6.45, 7) is -0.585. The van der Waals surface area contributed by atoms with Crippen molar-refractivity contribution in [2.45, 2.75) is 24.5 Å². The van der Waals surface area contributed by atoms with Crippen LogP contribution in [-0.2, 0) is 4.74 Å². The number of halogens is 2. The summed E-state index contributed by atoms with van der Waals surface area (Å²) in [5, 5.41) is 39.7. The molecule has 0 bridgehead atoms. The van der Waals surface area contributed by atoms with Gasteiger partial charge in [-0.3, -0.25) is 19.7 Å². The van der Waals surface area contributed by atoms with Crippen LogP contribution in [0.15, 0.2) is 10.9 Å². The second-order valence-electron chi connectivity index (χ2n) is 5.20. The third kappa shape index (κ3) is 2.39.